The Kier molecular flexibility index (Phi) is 3.99. The fourth-order valence-corrected chi connectivity index (χ4v) is 4.02. The molecule has 0 aromatic heterocycles. The molecule has 2 aliphatic heterocycles. The van der Waals surface area contributed by atoms with Gasteiger partial charge in [-0.25, -0.2) is 4.79 Å². The summed E-state index contributed by atoms with van der Waals surface area (Å²) < 4.78 is 0. The van der Waals surface area contributed by atoms with Gasteiger partial charge in [0.15, 0.2) is 0 Å². The fourth-order valence-electron chi connectivity index (χ4n) is 4.02. The van der Waals surface area contributed by atoms with E-state index in [1.807, 2.05) is 42.5 Å². The lowest BCUT2D eigenvalue weighted by Gasteiger charge is -2.49. The Hall–Kier alpha value is -3.09. The zero-order valence-corrected chi connectivity index (χ0v) is 14.2. The molecule has 0 bridgehead atoms. The monoisotopic (exact) mass is 352 g/mol. The highest BCUT2D eigenvalue weighted by Crippen LogP contribution is 2.28. The zero-order valence-electron chi connectivity index (χ0n) is 14.2. The lowest BCUT2D eigenvalue weighted by atomic mass is 9.94. The van der Waals surface area contributed by atoms with Crippen LogP contribution in [0.25, 0.3) is 10.8 Å². The third kappa shape index (κ3) is 2.75. The zero-order chi connectivity index (χ0) is 18.3. The van der Waals surface area contributed by atoms with Crippen LogP contribution in [0.4, 0.5) is 4.79 Å². The quantitative estimate of drug-likeness (QED) is 0.837. The van der Waals surface area contributed by atoms with Crippen molar-refractivity contribution in [2.24, 2.45) is 5.73 Å². The van der Waals surface area contributed by atoms with Gasteiger partial charge in [0.1, 0.15) is 12.7 Å². The van der Waals surface area contributed by atoms with Crippen molar-refractivity contribution in [2.45, 2.75) is 25.0 Å². The first-order chi connectivity index (χ1) is 12.5. The Bertz CT molecular complexity index is 892. The SMILES string of the molecule is NC(=O)N1C(Cc2cccc3ccccc23)CC(=O)N2CC(=O)NCC21. The molecule has 2 unspecified atom stereocenters. The second-order valence-corrected chi connectivity index (χ2v) is 6.75. The summed E-state index contributed by atoms with van der Waals surface area (Å²) >= 11 is 0. The summed E-state index contributed by atoms with van der Waals surface area (Å²) in [7, 11) is 0. The molecule has 4 amide bonds. The van der Waals surface area contributed by atoms with Crippen LogP contribution in [0.15, 0.2) is 42.5 Å². The normalized spacial score (nSPS) is 22.9. The summed E-state index contributed by atoms with van der Waals surface area (Å²) in [5.41, 5.74) is 6.72. The predicted molar refractivity (Wildman–Crippen MR) is 96.0 cm³/mol. The van der Waals surface area contributed by atoms with Gasteiger partial charge in [0, 0.05) is 12.5 Å². The molecule has 7 heteroatoms. The minimum atomic E-state index is -0.575. The van der Waals surface area contributed by atoms with Gasteiger partial charge in [-0.1, -0.05) is 42.5 Å². The number of amides is 4. The molecular formula is C19H20N4O3. The second-order valence-electron chi connectivity index (χ2n) is 6.75. The van der Waals surface area contributed by atoms with Gasteiger partial charge in [0.25, 0.3) is 0 Å². The third-order valence-corrected chi connectivity index (χ3v) is 5.19. The average Bonchev–Trinajstić information content (AvgIpc) is 2.62. The molecule has 0 aliphatic carbocycles. The maximum atomic E-state index is 12.6. The van der Waals surface area contributed by atoms with Crippen molar-refractivity contribution in [1.82, 2.24) is 15.1 Å². The third-order valence-electron chi connectivity index (χ3n) is 5.19. The molecule has 4 rings (SSSR count). The summed E-state index contributed by atoms with van der Waals surface area (Å²) in [5, 5.41) is 4.94. The van der Waals surface area contributed by atoms with Gasteiger partial charge in [0.2, 0.25) is 11.8 Å². The number of piperazine rings is 1. The first-order valence-electron chi connectivity index (χ1n) is 8.65. The van der Waals surface area contributed by atoms with Crippen LogP contribution < -0.4 is 11.1 Å². The standard InChI is InChI=1S/C19H20N4O3/c20-19(26)23-14(9-18(25)22-11-16(24)21-10-17(22)23)8-13-6-3-5-12-4-1-2-7-15(12)13/h1-7,14,17H,8-11H2,(H2,20,26)(H,21,24). The molecule has 2 aromatic rings. The molecule has 2 fully saturated rings. The van der Waals surface area contributed by atoms with Crippen molar-refractivity contribution in [2.75, 3.05) is 13.1 Å². The smallest absolute Gasteiger partial charge is 0.316 e. The number of nitrogens with one attached hydrogen (secondary N) is 1. The summed E-state index contributed by atoms with van der Waals surface area (Å²) in [6.45, 7) is 0.174. The van der Waals surface area contributed by atoms with Crippen molar-refractivity contribution in [3.05, 3.63) is 48.0 Å². The Morgan fingerprint density at radius 3 is 2.73 bits per heavy atom. The second kappa shape index (κ2) is 6.33. The highest BCUT2D eigenvalue weighted by molar-refractivity contribution is 5.89. The molecule has 134 valence electrons. The van der Waals surface area contributed by atoms with E-state index in [1.165, 1.54) is 4.90 Å². The maximum Gasteiger partial charge on any atom is 0.316 e. The molecule has 3 N–H and O–H groups in total. The molecule has 2 aromatic carbocycles. The van der Waals surface area contributed by atoms with Crippen molar-refractivity contribution < 1.29 is 14.4 Å². The molecule has 7 nitrogen and oxygen atoms in total. The molecule has 2 saturated heterocycles. The summed E-state index contributed by atoms with van der Waals surface area (Å²) in [6, 6.07) is 13.2. The van der Waals surface area contributed by atoms with E-state index in [4.69, 9.17) is 5.73 Å². The van der Waals surface area contributed by atoms with Crippen molar-refractivity contribution in [1.29, 1.82) is 0 Å². The molecule has 2 heterocycles. The number of nitrogens with two attached hydrogens (primary N) is 1. The van der Waals surface area contributed by atoms with Crippen molar-refractivity contribution in [3.63, 3.8) is 0 Å². The van der Waals surface area contributed by atoms with Gasteiger partial charge in [0.05, 0.1) is 6.54 Å². The lowest BCUT2D eigenvalue weighted by Crippen LogP contribution is -2.70. The number of rotatable bonds is 2. The van der Waals surface area contributed by atoms with Crippen LogP contribution >= 0.6 is 0 Å². The van der Waals surface area contributed by atoms with Crippen LogP contribution in [0, 0.1) is 0 Å². The van der Waals surface area contributed by atoms with E-state index in [0.717, 1.165) is 16.3 Å². The summed E-state index contributed by atoms with van der Waals surface area (Å²) in [4.78, 5) is 39.3. The Labute approximate surface area is 150 Å². The maximum absolute atomic E-state index is 12.6. The summed E-state index contributed by atoms with van der Waals surface area (Å²) in [5.74, 6) is -0.334. The minimum Gasteiger partial charge on any atom is -0.351 e. The van der Waals surface area contributed by atoms with Gasteiger partial charge in [-0.3, -0.25) is 14.5 Å². The number of hydrogen-bond donors (Lipinski definition) is 2. The van der Waals surface area contributed by atoms with Crippen LogP contribution in [0.5, 0.6) is 0 Å². The highest BCUT2D eigenvalue weighted by Gasteiger charge is 2.44. The number of carbonyl (C=O) groups is 3. The fraction of sp³-hybridized carbons (Fsp3) is 0.316. The molecular weight excluding hydrogens is 332 g/mol. The van der Waals surface area contributed by atoms with Crippen LogP contribution in [0.1, 0.15) is 12.0 Å². The van der Waals surface area contributed by atoms with Gasteiger partial charge in [-0.2, -0.15) is 0 Å². The van der Waals surface area contributed by atoms with Gasteiger partial charge >= 0.3 is 6.03 Å². The molecule has 26 heavy (non-hydrogen) atoms. The number of benzene rings is 2. The van der Waals surface area contributed by atoms with E-state index < -0.39 is 12.2 Å². The number of fused-ring (bicyclic) bond motifs is 2. The highest BCUT2D eigenvalue weighted by atomic mass is 16.2. The Morgan fingerprint density at radius 2 is 1.92 bits per heavy atom. The molecule has 2 atom stereocenters. The number of hydrogen-bond acceptors (Lipinski definition) is 3. The topological polar surface area (TPSA) is 95.7 Å². The van der Waals surface area contributed by atoms with E-state index >= 15 is 0 Å². The first-order valence-corrected chi connectivity index (χ1v) is 8.65. The number of urea groups is 1. The van der Waals surface area contributed by atoms with Crippen molar-refractivity contribution >= 4 is 28.6 Å². The Balaban J connectivity index is 1.67. The van der Waals surface area contributed by atoms with Gasteiger partial charge in [-0.05, 0) is 22.8 Å². The van der Waals surface area contributed by atoms with E-state index in [1.54, 1.807) is 4.90 Å². The van der Waals surface area contributed by atoms with E-state index in [2.05, 4.69) is 5.32 Å². The molecule has 0 spiro atoms. The molecule has 0 saturated carbocycles. The van der Waals surface area contributed by atoms with E-state index in [0.29, 0.717) is 6.42 Å². The Morgan fingerprint density at radius 1 is 1.15 bits per heavy atom. The number of nitrogens with zero attached hydrogens (tertiary/aromatic N) is 2. The van der Waals surface area contributed by atoms with Gasteiger partial charge < -0.3 is 16.0 Å². The molecule has 0 radical (unpaired) electrons. The molecule has 2 aliphatic rings. The largest absolute Gasteiger partial charge is 0.351 e. The van der Waals surface area contributed by atoms with Crippen LogP contribution in [0.2, 0.25) is 0 Å². The van der Waals surface area contributed by atoms with Gasteiger partial charge in [-0.15, -0.1) is 0 Å². The number of primary amides is 1. The predicted octanol–water partition coefficient (Wildman–Crippen LogP) is 0.820. The van der Waals surface area contributed by atoms with Crippen LogP contribution in [0.3, 0.4) is 0 Å². The average molecular weight is 352 g/mol. The van der Waals surface area contributed by atoms with E-state index in [-0.39, 0.29) is 37.4 Å². The van der Waals surface area contributed by atoms with Crippen LogP contribution in [-0.4, -0.2) is 52.9 Å². The number of carbonyl (C=O) groups excluding carboxylic acids is 3. The van der Waals surface area contributed by atoms with E-state index in [9.17, 15) is 14.4 Å². The first kappa shape index (κ1) is 16.4. The minimum absolute atomic E-state index is 0.0335. The summed E-state index contributed by atoms with van der Waals surface area (Å²) in [6.07, 6.45) is 0.177. The lowest BCUT2D eigenvalue weighted by molar-refractivity contribution is -0.153. The van der Waals surface area contributed by atoms with Crippen LogP contribution in [-0.2, 0) is 16.0 Å². The van der Waals surface area contributed by atoms with Crippen molar-refractivity contribution in [3.8, 4) is 0 Å².